The van der Waals surface area contributed by atoms with E-state index in [1.165, 1.54) is 6.26 Å². The number of nitrogens with zero attached hydrogens (tertiary/aromatic N) is 1. The van der Waals surface area contributed by atoms with Crippen LogP contribution in [-0.2, 0) is 25.8 Å². The highest BCUT2D eigenvalue weighted by Gasteiger charge is 2.13. The van der Waals surface area contributed by atoms with Crippen molar-refractivity contribution in [2.45, 2.75) is 24.2 Å². The van der Waals surface area contributed by atoms with Crippen LogP contribution < -0.4 is 16.2 Å². The lowest BCUT2D eigenvalue weighted by molar-refractivity contribution is -0.117. The summed E-state index contributed by atoms with van der Waals surface area (Å²) in [5, 5.41) is 0. The molecular weight excluding hydrogens is 406 g/mol. The Morgan fingerprint density at radius 3 is 2.53 bits per heavy atom. The first-order chi connectivity index (χ1) is 14.2. The highest BCUT2D eigenvalue weighted by molar-refractivity contribution is 7.90. The standard InChI is InChI=1S/C21H27N3O5S/c1-28-11-4-12-29-19-13-15(8-10-20(25)24-21(22)23)7-9-18(19)16-5-3-6-17(14-16)30(2,26)27/h3,5-7,9,13-14H,4,8,10-12H2,1-2H3,(H4,22,23,24,25). The number of aliphatic imine (C=N–C) groups is 1. The second kappa shape index (κ2) is 10.7. The van der Waals surface area contributed by atoms with Crippen LogP contribution in [0, 0.1) is 0 Å². The normalized spacial score (nSPS) is 11.1. The Hall–Kier alpha value is -2.91. The van der Waals surface area contributed by atoms with Gasteiger partial charge in [0.15, 0.2) is 15.8 Å². The van der Waals surface area contributed by atoms with E-state index < -0.39 is 15.7 Å². The van der Waals surface area contributed by atoms with Gasteiger partial charge in [-0.3, -0.25) is 4.79 Å². The monoisotopic (exact) mass is 433 g/mol. The van der Waals surface area contributed by atoms with Crippen LogP contribution in [0.3, 0.4) is 0 Å². The van der Waals surface area contributed by atoms with E-state index in [4.69, 9.17) is 20.9 Å². The first-order valence-electron chi connectivity index (χ1n) is 9.38. The van der Waals surface area contributed by atoms with Crippen LogP contribution in [0.1, 0.15) is 18.4 Å². The molecule has 0 saturated heterocycles. The third-order valence-electron chi connectivity index (χ3n) is 4.25. The molecule has 4 N–H and O–H groups in total. The minimum Gasteiger partial charge on any atom is -0.493 e. The van der Waals surface area contributed by atoms with Crippen LogP contribution in [0.5, 0.6) is 5.75 Å². The van der Waals surface area contributed by atoms with Crippen molar-refractivity contribution in [3.05, 3.63) is 48.0 Å². The Kier molecular flexibility index (Phi) is 8.37. The van der Waals surface area contributed by atoms with Gasteiger partial charge in [0.1, 0.15) is 5.75 Å². The molecule has 0 fully saturated rings. The van der Waals surface area contributed by atoms with Crippen molar-refractivity contribution in [2.75, 3.05) is 26.6 Å². The van der Waals surface area contributed by atoms with Gasteiger partial charge in [0.25, 0.3) is 0 Å². The van der Waals surface area contributed by atoms with Crippen molar-refractivity contribution in [3.8, 4) is 16.9 Å². The number of carbonyl (C=O) groups is 1. The van der Waals surface area contributed by atoms with Gasteiger partial charge in [-0.2, -0.15) is 4.99 Å². The molecule has 0 aliphatic carbocycles. The lowest BCUT2D eigenvalue weighted by Crippen LogP contribution is -2.24. The summed E-state index contributed by atoms with van der Waals surface area (Å²) < 4.78 is 34.8. The molecule has 2 rings (SSSR count). The molecule has 1 amide bonds. The molecule has 8 nitrogen and oxygen atoms in total. The average molecular weight is 434 g/mol. The van der Waals surface area contributed by atoms with Crippen molar-refractivity contribution in [3.63, 3.8) is 0 Å². The summed E-state index contributed by atoms with van der Waals surface area (Å²) >= 11 is 0. The van der Waals surface area contributed by atoms with Crippen LogP contribution in [0.15, 0.2) is 52.4 Å². The molecule has 30 heavy (non-hydrogen) atoms. The van der Waals surface area contributed by atoms with E-state index in [0.717, 1.165) is 16.7 Å². The van der Waals surface area contributed by atoms with Crippen LogP contribution in [0.4, 0.5) is 0 Å². The predicted molar refractivity (Wildman–Crippen MR) is 116 cm³/mol. The molecule has 0 heterocycles. The van der Waals surface area contributed by atoms with Gasteiger partial charge < -0.3 is 20.9 Å². The molecule has 0 aromatic heterocycles. The number of hydrogen-bond donors (Lipinski definition) is 2. The van der Waals surface area contributed by atoms with E-state index in [9.17, 15) is 13.2 Å². The molecule has 0 radical (unpaired) electrons. The lowest BCUT2D eigenvalue weighted by Gasteiger charge is -2.14. The summed E-state index contributed by atoms with van der Waals surface area (Å²) in [4.78, 5) is 15.5. The summed E-state index contributed by atoms with van der Waals surface area (Å²) in [6, 6.07) is 12.3. The van der Waals surface area contributed by atoms with Crippen molar-refractivity contribution in [1.82, 2.24) is 0 Å². The van der Waals surface area contributed by atoms with E-state index in [1.807, 2.05) is 24.3 Å². The number of ether oxygens (including phenoxy) is 2. The zero-order chi connectivity index (χ0) is 22.1. The van der Waals surface area contributed by atoms with E-state index in [2.05, 4.69) is 4.99 Å². The number of amides is 1. The van der Waals surface area contributed by atoms with Crippen molar-refractivity contribution < 1.29 is 22.7 Å². The van der Waals surface area contributed by atoms with Gasteiger partial charge in [0.2, 0.25) is 5.91 Å². The van der Waals surface area contributed by atoms with Crippen molar-refractivity contribution >= 4 is 21.7 Å². The maximum Gasteiger partial charge on any atom is 0.249 e. The molecule has 162 valence electrons. The third kappa shape index (κ3) is 7.16. The number of guanidine groups is 1. The number of carbonyl (C=O) groups excluding carboxylic acids is 1. The van der Waals surface area contributed by atoms with Crippen LogP contribution >= 0.6 is 0 Å². The summed E-state index contributed by atoms with van der Waals surface area (Å²) in [6.45, 7) is 0.995. The zero-order valence-corrected chi connectivity index (χ0v) is 17.9. The maximum atomic E-state index is 11.9. The number of hydrogen-bond acceptors (Lipinski definition) is 5. The molecule has 2 aromatic rings. The molecule has 0 atom stereocenters. The topological polar surface area (TPSA) is 134 Å². The second-order valence-electron chi connectivity index (χ2n) is 6.76. The van der Waals surface area contributed by atoms with Crippen LogP contribution in [-0.4, -0.2) is 46.9 Å². The Labute approximate surface area is 176 Å². The number of nitrogens with two attached hydrogens (primary N) is 2. The fourth-order valence-corrected chi connectivity index (χ4v) is 3.48. The van der Waals surface area contributed by atoms with Gasteiger partial charge in [-0.05, 0) is 35.7 Å². The Morgan fingerprint density at radius 2 is 1.87 bits per heavy atom. The average Bonchev–Trinajstić information content (AvgIpc) is 2.69. The Bertz CT molecular complexity index is 1020. The van der Waals surface area contributed by atoms with Gasteiger partial charge in [0.05, 0.1) is 11.5 Å². The summed E-state index contributed by atoms with van der Waals surface area (Å²) in [7, 11) is -1.71. The Morgan fingerprint density at radius 1 is 1.10 bits per heavy atom. The molecule has 0 saturated carbocycles. The maximum absolute atomic E-state index is 11.9. The third-order valence-corrected chi connectivity index (χ3v) is 5.36. The highest BCUT2D eigenvalue weighted by Crippen LogP contribution is 2.33. The molecule has 0 aliphatic rings. The number of sulfone groups is 1. The quantitative estimate of drug-likeness (QED) is 0.332. The molecular formula is C21H27N3O5S. The first kappa shape index (κ1) is 23.4. The fourth-order valence-electron chi connectivity index (χ4n) is 2.81. The van der Waals surface area contributed by atoms with E-state index in [-0.39, 0.29) is 17.3 Å². The predicted octanol–water partition coefficient (Wildman–Crippen LogP) is 1.91. The van der Waals surface area contributed by atoms with Gasteiger partial charge in [0, 0.05) is 38.4 Å². The largest absolute Gasteiger partial charge is 0.493 e. The van der Waals surface area contributed by atoms with Gasteiger partial charge in [-0.15, -0.1) is 0 Å². The number of methoxy groups -OCH3 is 1. The van der Waals surface area contributed by atoms with Crippen LogP contribution in [0.2, 0.25) is 0 Å². The fraction of sp³-hybridized carbons (Fsp3) is 0.333. The minimum absolute atomic E-state index is 0.157. The molecule has 0 unspecified atom stereocenters. The summed E-state index contributed by atoms with van der Waals surface area (Å²) in [5.74, 6) is -0.0608. The van der Waals surface area contributed by atoms with Gasteiger partial charge in [-0.25, -0.2) is 8.42 Å². The van der Waals surface area contributed by atoms with Gasteiger partial charge in [-0.1, -0.05) is 24.3 Å². The first-order valence-corrected chi connectivity index (χ1v) is 11.3. The highest BCUT2D eigenvalue weighted by atomic mass is 32.2. The van der Waals surface area contributed by atoms with Gasteiger partial charge >= 0.3 is 0 Å². The molecule has 0 spiro atoms. The molecule has 0 bridgehead atoms. The SMILES string of the molecule is COCCCOc1cc(CCC(=O)N=C(N)N)ccc1-c1cccc(S(C)(=O)=O)c1. The number of aryl methyl sites for hydroxylation is 1. The lowest BCUT2D eigenvalue weighted by atomic mass is 10.0. The number of benzene rings is 2. The molecule has 9 heteroatoms. The van der Waals surface area contributed by atoms with E-state index in [1.54, 1.807) is 25.3 Å². The second-order valence-corrected chi connectivity index (χ2v) is 8.77. The van der Waals surface area contributed by atoms with Crippen molar-refractivity contribution in [2.24, 2.45) is 16.5 Å². The summed E-state index contributed by atoms with van der Waals surface area (Å²) in [5.41, 5.74) is 12.8. The van der Waals surface area contributed by atoms with Crippen LogP contribution in [0.25, 0.3) is 11.1 Å². The smallest absolute Gasteiger partial charge is 0.249 e. The number of rotatable bonds is 10. The molecule has 2 aromatic carbocycles. The Balaban J connectivity index is 2.32. The molecule has 0 aliphatic heterocycles. The summed E-state index contributed by atoms with van der Waals surface area (Å²) in [6.07, 6.45) is 2.47. The minimum atomic E-state index is -3.33. The zero-order valence-electron chi connectivity index (χ0n) is 17.1. The van der Waals surface area contributed by atoms with Crippen molar-refractivity contribution in [1.29, 1.82) is 0 Å². The van der Waals surface area contributed by atoms with E-state index >= 15 is 0 Å². The van der Waals surface area contributed by atoms with E-state index in [0.29, 0.717) is 31.8 Å².